The summed E-state index contributed by atoms with van der Waals surface area (Å²) in [6.45, 7) is 0.658. The molecular formula is C16H16N2O4S2. The SMILES string of the molecule is O=C(OCCSSCCOC(=O)c1ccncc1)c1ccncc1. The van der Waals surface area contributed by atoms with E-state index in [-0.39, 0.29) is 11.9 Å². The molecule has 24 heavy (non-hydrogen) atoms. The second-order valence-corrected chi connectivity index (χ2v) is 7.09. The van der Waals surface area contributed by atoms with Gasteiger partial charge in [0.05, 0.1) is 11.1 Å². The molecule has 8 heteroatoms. The molecule has 2 aromatic rings. The quantitative estimate of drug-likeness (QED) is 0.382. The highest BCUT2D eigenvalue weighted by Gasteiger charge is 2.07. The fourth-order valence-corrected chi connectivity index (χ4v) is 3.25. The number of aromatic nitrogens is 2. The second kappa shape index (κ2) is 10.7. The van der Waals surface area contributed by atoms with Crippen molar-refractivity contribution in [2.24, 2.45) is 0 Å². The maximum Gasteiger partial charge on any atom is 0.338 e. The molecule has 0 unspecified atom stereocenters. The first kappa shape index (κ1) is 18.3. The van der Waals surface area contributed by atoms with E-state index in [2.05, 4.69) is 9.97 Å². The van der Waals surface area contributed by atoms with Gasteiger partial charge in [-0.15, -0.1) is 0 Å². The van der Waals surface area contributed by atoms with Gasteiger partial charge in [0.25, 0.3) is 0 Å². The van der Waals surface area contributed by atoms with Crippen LogP contribution in [0.15, 0.2) is 49.1 Å². The van der Waals surface area contributed by atoms with Crippen molar-refractivity contribution in [2.45, 2.75) is 0 Å². The third-order valence-electron chi connectivity index (χ3n) is 2.72. The maximum atomic E-state index is 11.7. The summed E-state index contributed by atoms with van der Waals surface area (Å²) in [7, 11) is 3.13. The number of pyridine rings is 2. The predicted octanol–water partition coefficient (Wildman–Crippen LogP) is 2.87. The fraction of sp³-hybridized carbons (Fsp3) is 0.250. The molecule has 2 aromatic heterocycles. The number of carbonyl (C=O) groups is 2. The summed E-state index contributed by atoms with van der Waals surface area (Å²) in [6, 6.07) is 6.45. The van der Waals surface area contributed by atoms with E-state index in [9.17, 15) is 9.59 Å². The molecular weight excluding hydrogens is 348 g/mol. The zero-order valence-electron chi connectivity index (χ0n) is 12.8. The minimum Gasteiger partial charge on any atom is -0.461 e. The Hall–Kier alpha value is -2.06. The van der Waals surface area contributed by atoms with E-state index in [0.717, 1.165) is 0 Å². The summed E-state index contributed by atoms with van der Waals surface area (Å²) >= 11 is 0. The number of hydrogen-bond donors (Lipinski definition) is 0. The predicted molar refractivity (Wildman–Crippen MR) is 94.0 cm³/mol. The maximum absolute atomic E-state index is 11.7. The molecule has 0 aliphatic carbocycles. The van der Waals surface area contributed by atoms with Gasteiger partial charge in [0.15, 0.2) is 0 Å². The lowest BCUT2D eigenvalue weighted by molar-refractivity contribution is 0.0520. The first-order valence-electron chi connectivity index (χ1n) is 7.16. The van der Waals surface area contributed by atoms with Crippen molar-refractivity contribution in [1.29, 1.82) is 0 Å². The van der Waals surface area contributed by atoms with Crippen LogP contribution in [0.5, 0.6) is 0 Å². The largest absolute Gasteiger partial charge is 0.461 e. The molecule has 0 radical (unpaired) electrons. The van der Waals surface area contributed by atoms with Gasteiger partial charge in [-0.05, 0) is 24.3 Å². The Morgan fingerprint density at radius 2 is 1.12 bits per heavy atom. The van der Waals surface area contributed by atoms with E-state index in [4.69, 9.17) is 9.47 Å². The Labute approximate surface area is 147 Å². The highest BCUT2D eigenvalue weighted by atomic mass is 33.1. The highest BCUT2D eigenvalue weighted by molar-refractivity contribution is 8.76. The van der Waals surface area contributed by atoms with Gasteiger partial charge in [-0.25, -0.2) is 9.59 Å². The molecule has 0 amide bonds. The van der Waals surface area contributed by atoms with Crippen LogP contribution < -0.4 is 0 Å². The summed E-state index contributed by atoms with van der Waals surface area (Å²) in [5.74, 6) is 0.628. The van der Waals surface area contributed by atoms with Gasteiger partial charge in [0.1, 0.15) is 13.2 Å². The molecule has 126 valence electrons. The molecule has 0 spiro atoms. The van der Waals surface area contributed by atoms with E-state index in [1.807, 2.05) is 0 Å². The van der Waals surface area contributed by atoms with Crippen molar-refractivity contribution in [3.63, 3.8) is 0 Å². The Bertz CT molecular complexity index is 584. The van der Waals surface area contributed by atoms with Crippen LogP contribution in [0.3, 0.4) is 0 Å². The third kappa shape index (κ3) is 6.59. The smallest absolute Gasteiger partial charge is 0.338 e. The van der Waals surface area contributed by atoms with Crippen molar-refractivity contribution in [3.05, 3.63) is 60.2 Å². The van der Waals surface area contributed by atoms with Crippen LogP contribution in [0.1, 0.15) is 20.7 Å². The van der Waals surface area contributed by atoms with E-state index in [0.29, 0.717) is 35.8 Å². The normalized spacial score (nSPS) is 10.2. The van der Waals surface area contributed by atoms with Gasteiger partial charge < -0.3 is 9.47 Å². The molecule has 0 aromatic carbocycles. The first-order valence-corrected chi connectivity index (χ1v) is 9.65. The Balaban J connectivity index is 1.48. The zero-order valence-corrected chi connectivity index (χ0v) is 14.4. The minimum absolute atomic E-state index is 0.329. The molecule has 0 fully saturated rings. The van der Waals surface area contributed by atoms with Gasteiger partial charge >= 0.3 is 11.9 Å². The fourth-order valence-electron chi connectivity index (χ4n) is 1.60. The lowest BCUT2D eigenvalue weighted by atomic mass is 10.3. The summed E-state index contributed by atoms with van der Waals surface area (Å²) < 4.78 is 10.3. The summed E-state index contributed by atoms with van der Waals surface area (Å²) in [4.78, 5) is 31.0. The average Bonchev–Trinajstić information content (AvgIpc) is 2.65. The summed E-state index contributed by atoms with van der Waals surface area (Å²) in [5.41, 5.74) is 0.983. The Morgan fingerprint density at radius 3 is 1.50 bits per heavy atom. The molecule has 0 N–H and O–H groups in total. The van der Waals surface area contributed by atoms with E-state index in [1.165, 1.54) is 0 Å². The van der Waals surface area contributed by atoms with Crippen LogP contribution in [0.2, 0.25) is 0 Å². The van der Waals surface area contributed by atoms with Gasteiger partial charge in [-0.2, -0.15) is 0 Å². The van der Waals surface area contributed by atoms with E-state index in [1.54, 1.807) is 70.6 Å². The van der Waals surface area contributed by atoms with Gasteiger partial charge in [-0.3, -0.25) is 9.97 Å². The first-order chi connectivity index (χ1) is 11.8. The Morgan fingerprint density at radius 1 is 0.750 bits per heavy atom. The number of ether oxygens (including phenoxy) is 2. The van der Waals surface area contributed by atoms with Crippen molar-refractivity contribution >= 4 is 33.5 Å². The monoisotopic (exact) mass is 364 g/mol. The molecule has 0 saturated heterocycles. The molecule has 2 rings (SSSR count). The lowest BCUT2D eigenvalue weighted by Crippen LogP contribution is -2.08. The molecule has 2 heterocycles. The molecule has 0 saturated carbocycles. The third-order valence-corrected chi connectivity index (χ3v) is 5.05. The Kier molecular flexibility index (Phi) is 8.12. The van der Waals surface area contributed by atoms with Crippen molar-refractivity contribution < 1.29 is 19.1 Å². The number of esters is 2. The van der Waals surface area contributed by atoms with Crippen LogP contribution in [-0.2, 0) is 9.47 Å². The van der Waals surface area contributed by atoms with Gasteiger partial charge in [0, 0.05) is 36.3 Å². The van der Waals surface area contributed by atoms with Crippen molar-refractivity contribution in [1.82, 2.24) is 9.97 Å². The number of hydrogen-bond acceptors (Lipinski definition) is 8. The molecule has 0 aliphatic heterocycles. The number of nitrogens with zero attached hydrogens (tertiary/aromatic N) is 2. The van der Waals surface area contributed by atoms with Crippen LogP contribution in [0.25, 0.3) is 0 Å². The highest BCUT2D eigenvalue weighted by Crippen LogP contribution is 2.20. The van der Waals surface area contributed by atoms with E-state index < -0.39 is 0 Å². The van der Waals surface area contributed by atoms with E-state index >= 15 is 0 Å². The van der Waals surface area contributed by atoms with Crippen LogP contribution in [0, 0.1) is 0 Å². The number of carbonyl (C=O) groups excluding carboxylic acids is 2. The van der Waals surface area contributed by atoms with Crippen LogP contribution in [0.4, 0.5) is 0 Å². The van der Waals surface area contributed by atoms with Crippen molar-refractivity contribution in [2.75, 3.05) is 24.7 Å². The topological polar surface area (TPSA) is 78.4 Å². The molecule has 0 atom stereocenters. The zero-order chi connectivity index (χ0) is 17.0. The average molecular weight is 364 g/mol. The lowest BCUT2D eigenvalue weighted by Gasteiger charge is -2.05. The number of rotatable bonds is 9. The standard InChI is InChI=1S/C16H16N2O4S2/c19-15(13-1-5-17-6-2-13)21-9-11-23-24-12-10-22-16(20)14-3-7-18-8-4-14/h1-8H,9-12H2. The van der Waals surface area contributed by atoms with Gasteiger partial charge in [-0.1, -0.05) is 21.6 Å². The molecule has 0 bridgehead atoms. The summed E-state index contributed by atoms with van der Waals surface area (Å²) in [5, 5.41) is 0. The molecule has 0 aliphatic rings. The van der Waals surface area contributed by atoms with Crippen LogP contribution >= 0.6 is 21.6 Å². The summed E-state index contributed by atoms with van der Waals surface area (Å²) in [6.07, 6.45) is 6.20. The van der Waals surface area contributed by atoms with Crippen LogP contribution in [-0.4, -0.2) is 46.6 Å². The molecule has 6 nitrogen and oxygen atoms in total. The van der Waals surface area contributed by atoms with Crippen molar-refractivity contribution in [3.8, 4) is 0 Å². The minimum atomic E-state index is -0.353. The second-order valence-electron chi connectivity index (χ2n) is 4.39. The van der Waals surface area contributed by atoms with Gasteiger partial charge in [0.2, 0.25) is 0 Å².